The second-order valence-electron chi connectivity index (χ2n) is 7.26. The van der Waals surface area contributed by atoms with Gasteiger partial charge in [0.1, 0.15) is 5.75 Å². The zero-order valence-corrected chi connectivity index (χ0v) is 16.4. The van der Waals surface area contributed by atoms with E-state index in [9.17, 15) is 9.59 Å². The van der Waals surface area contributed by atoms with Crippen LogP contribution in [0.1, 0.15) is 37.3 Å². The normalized spacial score (nSPS) is 18.9. The number of benzene rings is 1. The topological polar surface area (TPSA) is 71.7 Å². The van der Waals surface area contributed by atoms with Crippen LogP contribution >= 0.6 is 0 Å². The van der Waals surface area contributed by atoms with Gasteiger partial charge in [0.05, 0.1) is 19.3 Å². The number of aromatic nitrogens is 2. The molecule has 0 amide bonds. The van der Waals surface area contributed by atoms with E-state index in [0.29, 0.717) is 24.5 Å². The fourth-order valence-corrected chi connectivity index (χ4v) is 3.32. The average molecular weight is 374 g/mol. The van der Waals surface area contributed by atoms with E-state index in [1.807, 2.05) is 24.3 Å². The molecule has 146 valence electrons. The van der Waals surface area contributed by atoms with Gasteiger partial charge in [-0.1, -0.05) is 26.0 Å². The van der Waals surface area contributed by atoms with Gasteiger partial charge in [-0.15, -0.1) is 0 Å². The summed E-state index contributed by atoms with van der Waals surface area (Å²) in [5.41, 5.74) is 0.677. The van der Waals surface area contributed by atoms with Gasteiger partial charge in [-0.3, -0.25) is 13.9 Å². The molecule has 1 aliphatic heterocycles. The fraction of sp³-hybridized carbons (Fsp3) is 0.500. The molecule has 0 saturated heterocycles. The first-order valence-corrected chi connectivity index (χ1v) is 9.05. The predicted molar refractivity (Wildman–Crippen MR) is 102 cm³/mol. The standard InChI is InChI=1S/C20H26N2O5/c1-12(2)11-26-16-10-15(13-6-8-14(25-5)9-7-13)17-18(23)21(3)20(24)22(4)19(17)27-16/h6-9,12,15-16H,10-11H2,1-5H3. The first kappa shape index (κ1) is 19.2. The molecule has 0 radical (unpaired) electrons. The van der Waals surface area contributed by atoms with Crippen LogP contribution < -0.4 is 20.7 Å². The van der Waals surface area contributed by atoms with Crippen LogP contribution in [0.25, 0.3) is 0 Å². The summed E-state index contributed by atoms with van der Waals surface area (Å²) in [6.07, 6.45) is -0.0239. The summed E-state index contributed by atoms with van der Waals surface area (Å²) >= 11 is 0. The lowest BCUT2D eigenvalue weighted by molar-refractivity contribution is -0.106. The third-order valence-electron chi connectivity index (χ3n) is 4.80. The number of rotatable bonds is 5. The van der Waals surface area contributed by atoms with Crippen LogP contribution in [0.3, 0.4) is 0 Å². The summed E-state index contributed by atoms with van der Waals surface area (Å²) in [7, 11) is 4.70. The van der Waals surface area contributed by atoms with Crippen molar-refractivity contribution in [2.24, 2.45) is 20.0 Å². The first-order valence-electron chi connectivity index (χ1n) is 9.05. The molecule has 0 saturated carbocycles. The van der Waals surface area contributed by atoms with E-state index < -0.39 is 12.0 Å². The number of hydrogen-bond donors (Lipinski definition) is 0. The lowest BCUT2D eigenvalue weighted by Crippen LogP contribution is -2.44. The number of fused-ring (bicyclic) bond motifs is 1. The number of hydrogen-bond acceptors (Lipinski definition) is 5. The quantitative estimate of drug-likeness (QED) is 0.801. The highest BCUT2D eigenvalue weighted by molar-refractivity contribution is 5.41. The largest absolute Gasteiger partial charge is 0.497 e. The Morgan fingerprint density at radius 1 is 1.15 bits per heavy atom. The van der Waals surface area contributed by atoms with Crippen LogP contribution in [0.5, 0.6) is 11.6 Å². The molecule has 2 atom stereocenters. The Balaban J connectivity index is 2.11. The van der Waals surface area contributed by atoms with E-state index >= 15 is 0 Å². The Morgan fingerprint density at radius 3 is 2.41 bits per heavy atom. The van der Waals surface area contributed by atoms with Crippen molar-refractivity contribution in [3.8, 4) is 11.6 Å². The summed E-state index contributed by atoms with van der Waals surface area (Å²) in [5, 5.41) is 0. The molecule has 1 aromatic carbocycles. The molecular formula is C20H26N2O5. The van der Waals surface area contributed by atoms with Gasteiger partial charge >= 0.3 is 5.69 Å². The highest BCUT2D eigenvalue weighted by Crippen LogP contribution is 2.38. The highest BCUT2D eigenvalue weighted by atomic mass is 16.7. The van der Waals surface area contributed by atoms with Crippen LogP contribution in [0, 0.1) is 5.92 Å². The zero-order chi connectivity index (χ0) is 19.7. The predicted octanol–water partition coefficient (Wildman–Crippen LogP) is 2.01. The van der Waals surface area contributed by atoms with Crippen molar-refractivity contribution in [3.05, 3.63) is 56.2 Å². The van der Waals surface area contributed by atoms with Crippen molar-refractivity contribution >= 4 is 0 Å². The van der Waals surface area contributed by atoms with Crippen LogP contribution in [-0.2, 0) is 18.8 Å². The maximum Gasteiger partial charge on any atom is 0.333 e. The average Bonchev–Trinajstić information content (AvgIpc) is 2.68. The maximum absolute atomic E-state index is 12.9. The molecule has 3 rings (SSSR count). The third kappa shape index (κ3) is 3.64. The lowest BCUT2D eigenvalue weighted by Gasteiger charge is -2.33. The van der Waals surface area contributed by atoms with Crippen LogP contribution in [0.15, 0.2) is 33.9 Å². The van der Waals surface area contributed by atoms with Gasteiger partial charge in [-0.05, 0) is 23.6 Å². The summed E-state index contributed by atoms with van der Waals surface area (Å²) in [6, 6.07) is 7.59. The first-order chi connectivity index (χ1) is 12.8. The van der Waals surface area contributed by atoms with Gasteiger partial charge in [-0.25, -0.2) is 4.79 Å². The van der Waals surface area contributed by atoms with E-state index in [2.05, 4.69) is 13.8 Å². The molecule has 7 nitrogen and oxygen atoms in total. The van der Waals surface area contributed by atoms with Crippen molar-refractivity contribution in [2.45, 2.75) is 32.5 Å². The van der Waals surface area contributed by atoms with Gasteiger partial charge < -0.3 is 14.2 Å². The molecule has 1 aliphatic rings. The Hall–Kier alpha value is -2.54. The van der Waals surface area contributed by atoms with Crippen LogP contribution in [0.4, 0.5) is 0 Å². The SMILES string of the molecule is COc1ccc(C2CC(OCC(C)C)Oc3c2c(=O)n(C)c(=O)n3C)cc1. The van der Waals surface area contributed by atoms with Crippen molar-refractivity contribution in [3.63, 3.8) is 0 Å². The van der Waals surface area contributed by atoms with Crippen molar-refractivity contribution < 1.29 is 14.2 Å². The summed E-state index contributed by atoms with van der Waals surface area (Å²) in [5.74, 6) is 1.14. The van der Waals surface area contributed by atoms with Crippen molar-refractivity contribution in [2.75, 3.05) is 13.7 Å². The maximum atomic E-state index is 12.9. The molecule has 2 heterocycles. The monoisotopic (exact) mass is 374 g/mol. The van der Waals surface area contributed by atoms with E-state index in [0.717, 1.165) is 15.9 Å². The molecule has 1 aromatic heterocycles. The van der Waals surface area contributed by atoms with Gasteiger partial charge in [0, 0.05) is 26.4 Å². The minimum absolute atomic E-state index is 0.234. The molecular weight excluding hydrogens is 348 g/mol. The molecule has 2 unspecified atom stereocenters. The number of nitrogens with zero attached hydrogens (tertiary/aromatic N) is 2. The third-order valence-corrected chi connectivity index (χ3v) is 4.80. The summed E-state index contributed by atoms with van der Waals surface area (Å²) < 4.78 is 19.5. The Kier molecular flexibility index (Phi) is 5.41. The molecule has 0 spiro atoms. The van der Waals surface area contributed by atoms with Gasteiger partial charge in [0.25, 0.3) is 5.56 Å². The Morgan fingerprint density at radius 2 is 1.81 bits per heavy atom. The van der Waals surface area contributed by atoms with Gasteiger partial charge in [0.2, 0.25) is 12.2 Å². The molecule has 0 fully saturated rings. The van der Waals surface area contributed by atoms with Crippen molar-refractivity contribution in [1.29, 1.82) is 0 Å². The van der Waals surface area contributed by atoms with E-state index in [1.165, 1.54) is 11.6 Å². The second kappa shape index (κ2) is 7.60. The second-order valence-corrected chi connectivity index (χ2v) is 7.26. The minimum atomic E-state index is -0.523. The Bertz CT molecular complexity index is 927. The molecule has 2 aromatic rings. The van der Waals surface area contributed by atoms with E-state index in [1.54, 1.807) is 14.2 Å². The highest BCUT2D eigenvalue weighted by Gasteiger charge is 2.35. The van der Waals surface area contributed by atoms with E-state index in [-0.39, 0.29) is 17.4 Å². The fourth-order valence-electron chi connectivity index (χ4n) is 3.32. The van der Waals surface area contributed by atoms with Gasteiger partial charge in [0.15, 0.2) is 0 Å². The lowest BCUT2D eigenvalue weighted by atomic mass is 9.87. The van der Waals surface area contributed by atoms with Crippen LogP contribution in [0.2, 0.25) is 0 Å². The van der Waals surface area contributed by atoms with Gasteiger partial charge in [-0.2, -0.15) is 0 Å². The smallest absolute Gasteiger partial charge is 0.333 e. The molecule has 27 heavy (non-hydrogen) atoms. The summed E-state index contributed by atoms with van der Waals surface area (Å²) in [6.45, 7) is 4.65. The number of ether oxygens (including phenoxy) is 3. The summed E-state index contributed by atoms with van der Waals surface area (Å²) in [4.78, 5) is 25.2. The molecule has 0 aliphatic carbocycles. The molecule has 0 bridgehead atoms. The minimum Gasteiger partial charge on any atom is -0.497 e. The number of methoxy groups -OCH3 is 1. The Labute approximate surface area is 158 Å². The van der Waals surface area contributed by atoms with Crippen molar-refractivity contribution in [1.82, 2.24) is 9.13 Å². The zero-order valence-electron chi connectivity index (χ0n) is 16.4. The molecule has 7 heteroatoms. The van der Waals surface area contributed by atoms with Crippen LogP contribution in [-0.4, -0.2) is 29.1 Å². The van der Waals surface area contributed by atoms with E-state index in [4.69, 9.17) is 14.2 Å². The molecule has 0 N–H and O–H groups in total.